The molecule has 0 aliphatic rings. The van der Waals surface area contributed by atoms with E-state index in [-0.39, 0.29) is 5.56 Å². The topological polar surface area (TPSA) is 56.2 Å². The third-order valence-corrected chi connectivity index (χ3v) is 1.25. The van der Waals surface area contributed by atoms with E-state index in [0.717, 1.165) is 6.07 Å². The SMILES string of the molecule is Oc1cc(CC(F)(F)F)c(O)[nH]1. The van der Waals surface area contributed by atoms with Crippen LogP contribution in [-0.2, 0) is 6.42 Å². The summed E-state index contributed by atoms with van der Waals surface area (Å²) in [5.74, 6) is -1.13. The molecular weight excluding hydrogens is 175 g/mol. The van der Waals surface area contributed by atoms with Crippen molar-refractivity contribution in [3.63, 3.8) is 0 Å². The minimum Gasteiger partial charge on any atom is -0.495 e. The summed E-state index contributed by atoms with van der Waals surface area (Å²) in [6.07, 6.45) is -5.64. The van der Waals surface area contributed by atoms with E-state index in [4.69, 9.17) is 10.2 Å². The zero-order chi connectivity index (χ0) is 9.35. The smallest absolute Gasteiger partial charge is 0.393 e. The summed E-state index contributed by atoms with van der Waals surface area (Å²) in [5, 5.41) is 17.4. The highest BCUT2D eigenvalue weighted by atomic mass is 19.4. The maximum Gasteiger partial charge on any atom is 0.393 e. The van der Waals surface area contributed by atoms with Gasteiger partial charge in [0.1, 0.15) is 0 Å². The molecule has 0 aliphatic heterocycles. The summed E-state index contributed by atoms with van der Waals surface area (Å²) in [6, 6.07) is 0.836. The molecule has 0 aromatic carbocycles. The lowest BCUT2D eigenvalue weighted by molar-refractivity contribution is -0.127. The second-order valence-corrected chi connectivity index (χ2v) is 2.32. The number of rotatable bonds is 1. The molecule has 3 nitrogen and oxygen atoms in total. The Morgan fingerprint density at radius 2 is 1.92 bits per heavy atom. The number of aromatic hydroxyl groups is 2. The number of alkyl halides is 3. The monoisotopic (exact) mass is 181 g/mol. The number of aromatic nitrogens is 1. The first-order valence-electron chi connectivity index (χ1n) is 3.05. The first-order chi connectivity index (χ1) is 5.38. The molecule has 0 aliphatic carbocycles. The van der Waals surface area contributed by atoms with Crippen molar-refractivity contribution in [1.29, 1.82) is 0 Å². The highest BCUT2D eigenvalue weighted by molar-refractivity contribution is 5.33. The number of aromatic amines is 1. The van der Waals surface area contributed by atoms with E-state index in [2.05, 4.69) is 0 Å². The molecule has 0 saturated heterocycles. The second kappa shape index (κ2) is 2.62. The van der Waals surface area contributed by atoms with Crippen LogP contribution in [0.4, 0.5) is 13.2 Å². The summed E-state index contributed by atoms with van der Waals surface area (Å²) in [4.78, 5) is 1.94. The van der Waals surface area contributed by atoms with Crippen LogP contribution >= 0.6 is 0 Å². The minimum atomic E-state index is -4.38. The van der Waals surface area contributed by atoms with Crippen LogP contribution < -0.4 is 0 Å². The standard InChI is InChI=1S/C6H6F3NO2/c7-6(8,9)2-3-1-4(11)10-5(3)12/h1,10-12H,2H2. The summed E-state index contributed by atoms with van der Waals surface area (Å²) >= 11 is 0. The van der Waals surface area contributed by atoms with Gasteiger partial charge in [-0.2, -0.15) is 13.2 Å². The van der Waals surface area contributed by atoms with E-state index in [1.165, 1.54) is 0 Å². The molecule has 0 amide bonds. The molecule has 68 valence electrons. The van der Waals surface area contributed by atoms with Gasteiger partial charge in [-0.05, 0) is 0 Å². The lowest BCUT2D eigenvalue weighted by Gasteiger charge is -2.03. The first-order valence-corrected chi connectivity index (χ1v) is 3.05. The fraction of sp³-hybridized carbons (Fsp3) is 0.333. The van der Waals surface area contributed by atoms with Gasteiger partial charge in [-0.1, -0.05) is 0 Å². The molecule has 1 aromatic rings. The third kappa shape index (κ3) is 2.08. The van der Waals surface area contributed by atoms with E-state index in [1.807, 2.05) is 4.98 Å². The number of hydrogen-bond acceptors (Lipinski definition) is 2. The van der Waals surface area contributed by atoms with Crippen molar-refractivity contribution in [1.82, 2.24) is 4.98 Å². The van der Waals surface area contributed by atoms with Crippen molar-refractivity contribution in [2.75, 3.05) is 0 Å². The second-order valence-electron chi connectivity index (χ2n) is 2.32. The van der Waals surface area contributed by atoms with E-state index in [0.29, 0.717) is 0 Å². The van der Waals surface area contributed by atoms with Gasteiger partial charge >= 0.3 is 6.18 Å². The summed E-state index contributed by atoms with van der Waals surface area (Å²) in [5.41, 5.74) is -0.361. The number of nitrogens with one attached hydrogen (secondary N) is 1. The Morgan fingerprint density at radius 1 is 1.33 bits per heavy atom. The van der Waals surface area contributed by atoms with Crippen molar-refractivity contribution in [3.8, 4) is 11.8 Å². The molecule has 1 heterocycles. The van der Waals surface area contributed by atoms with Crippen molar-refractivity contribution in [2.24, 2.45) is 0 Å². The molecule has 1 aromatic heterocycles. The zero-order valence-corrected chi connectivity index (χ0v) is 5.81. The molecule has 12 heavy (non-hydrogen) atoms. The molecule has 0 radical (unpaired) electrons. The average Bonchev–Trinajstić information content (AvgIpc) is 2.06. The number of halogens is 3. The Hall–Kier alpha value is -1.33. The molecular formula is C6H6F3NO2. The van der Waals surface area contributed by atoms with Gasteiger partial charge in [0.2, 0.25) is 0 Å². The van der Waals surface area contributed by atoms with Crippen molar-refractivity contribution < 1.29 is 23.4 Å². The van der Waals surface area contributed by atoms with Crippen LogP contribution in [0.15, 0.2) is 6.07 Å². The fourth-order valence-corrected chi connectivity index (χ4v) is 0.822. The highest BCUT2D eigenvalue weighted by Gasteiger charge is 2.29. The van der Waals surface area contributed by atoms with Gasteiger partial charge in [-0.3, -0.25) is 4.98 Å². The molecule has 6 heteroatoms. The maximum atomic E-state index is 11.7. The van der Waals surface area contributed by atoms with Gasteiger partial charge in [0.05, 0.1) is 6.42 Å². The Kier molecular flexibility index (Phi) is 1.91. The molecule has 0 unspecified atom stereocenters. The van der Waals surface area contributed by atoms with Crippen LogP contribution in [0.25, 0.3) is 0 Å². The Bertz CT molecular complexity index is 279. The quantitative estimate of drug-likeness (QED) is 0.615. The van der Waals surface area contributed by atoms with Crippen molar-refractivity contribution >= 4 is 0 Å². The molecule has 0 saturated carbocycles. The molecule has 0 atom stereocenters. The van der Waals surface area contributed by atoms with Crippen LogP contribution in [0.2, 0.25) is 0 Å². The van der Waals surface area contributed by atoms with Crippen LogP contribution in [0.3, 0.4) is 0 Å². The van der Waals surface area contributed by atoms with Crippen LogP contribution in [0.1, 0.15) is 5.56 Å². The van der Waals surface area contributed by atoms with E-state index in [9.17, 15) is 13.2 Å². The first kappa shape index (κ1) is 8.76. The van der Waals surface area contributed by atoms with E-state index in [1.54, 1.807) is 0 Å². The number of H-pyrrole nitrogens is 1. The summed E-state index contributed by atoms with van der Waals surface area (Å²) < 4.78 is 35.2. The Labute approximate surface area is 65.5 Å². The molecule has 1 rings (SSSR count). The van der Waals surface area contributed by atoms with Gasteiger partial charge in [0, 0.05) is 11.6 Å². The van der Waals surface area contributed by atoms with E-state index < -0.39 is 24.4 Å². The molecule has 0 fully saturated rings. The largest absolute Gasteiger partial charge is 0.495 e. The predicted molar refractivity (Wildman–Crippen MR) is 33.9 cm³/mol. The maximum absolute atomic E-state index is 11.7. The summed E-state index contributed by atoms with van der Waals surface area (Å²) in [7, 11) is 0. The van der Waals surface area contributed by atoms with Crippen LogP contribution in [0.5, 0.6) is 11.8 Å². The normalized spacial score (nSPS) is 11.9. The van der Waals surface area contributed by atoms with Crippen molar-refractivity contribution in [2.45, 2.75) is 12.6 Å². The average molecular weight is 181 g/mol. The van der Waals surface area contributed by atoms with Gasteiger partial charge in [-0.25, -0.2) is 0 Å². The minimum absolute atomic E-state index is 0.361. The van der Waals surface area contributed by atoms with Gasteiger partial charge in [0.25, 0.3) is 0 Å². The van der Waals surface area contributed by atoms with Gasteiger partial charge in [-0.15, -0.1) is 0 Å². The fourth-order valence-electron chi connectivity index (χ4n) is 0.822. The predicted octanol–water partition coefficient (Wildman–Crippen LogP) is 1.53. The Morgan fingerprint density at radius 3 is 2.25 bits per heavy atom. The zero-order valence-electron chi connectivity index (χ0n) is 5.81. The van der Waals surface area contributed by atoms with Gasteiger partial charge in [0.15, 0.2) is 11.8 Å². The lowest BCUT2D eigenvalue weighted by Crippen LogP contribution is -2.10. The van der Waals surface area contributed by atoms with Gasteiger partial charge < -0.3 is 10.2 Å². The number of hydrogen-bond donors (Lipinski definition) is 3. The van der Waals surface area contributed by atoms with Crippen LogP contribution in [-0.4, -0.2) is 21.4 Å². The van der Waals surface area contributed by atoms with Crippen LogP contribution in [0, 0.1) is 0 Å². The van der Waals surface area contributed by atoms with Crippen molar-refractivity contribution in [3.05, 3.63) is 11.6 Å². The third-order valence-electron chi connectivity index (χ3n) is 1.25. The summed E-state index contributed by atoms with van der Waals surface area (Å²) in [6.45, 7) is 0. The lowest BCUT2D eigenvalue weighted by atomic mass is 10.2. The molecule has 3 N–H and O–H groups in total. The highest BCUT2D eigenvalue weighted by Crippen LogP contribution is 2.28. The van der Waals surface area contributed by atoms with E-state index >= 15 is 0 Å². The molecule has 0 bridgehead atoms. The molecule has 0 spiro atoms. The Balaban J connectivity index is 2.82.